The molecular weight excluding hydrogens is 256 g/mol. The Kier molecular flexibility index (Phi) is 5.24. The first kappa shape index (κ1) is 14.7. The molecule has 1 fully saturated rings. The number of amides is 1. The van der Waals surface area contributed by atoms with Crippen molar-refractivity contribution in [2.24, 2.45) is 5.73 Å². The minimum atomic E-state index is 0.107. The number of rotatable bonds is 5. The number of para-hydroxylation sites is 2. The molecule has 1 saturated heterocycles. The smallest absolute Gasteiger partial charge is 0.226 e. The quantitative estimate of drug-likeness (QED) is 0.884. The lowest BCUT2D eigenvalue weighted by atomic mass is 10.1. The van der Waals surface area contributed by atoms with Gasteiger partial charge in [-0.3, -0.25) is 4.79 Å². The number of nitrogens with zero attached hydrogens (tertiary/aromatic N) is 1. The summed E-state index contributed by atoms with van der Waals surface area (Å²) in [6.07, 6.45) is 2.35. The fraction of sp³-hybridized carbons (Fsp3) is 0.533. The van der Waals surface area contributed by atoms with E-state index in [1.54, 1.807) is 7.11 Å². The second-order valence-electron chi connectivity index (χ2n) is 4.99. The second-order valence-corrected chi connectivity index (χ2v) is 4.99. The molecule has 5 nitrogen and oxygen atoms in total. The number of hydrogen-bond acceptors (Lipinski definition) is 4. The summed E-state index contributed by atoms with van der Waals surface area (Å²) >= 11 is 0. The number of likely N-dealkylation sites (tertiary alicyclic amines) is 1. The number of hydrogen-bond donors (Lipinski definition) is 1. The Hall–Kier alpha value is -1.75. The molecule has 2 N–H and O–H groups in total. The van der Waals surface area contributed by atoms with Crippen LogP contribution in [0.15, 0.2) is 24.3 Å². The number of methoxy groups -OCH3 is 1. The average Bonchev–Trinajstić information content (AvgIpc) is 2.47. The molecule has 0 aromatic heterocycles. The lowest BCUT2D eigenvalue weighted by molar-refractivity contribution is -0.132. The van der Waals surface area contributed by atoms with E-state index < -0.39 is 0 Å². The van der Waals surface area contributed by atoms with Gasteiger partial charge < -0.3 is 20.1 Å². The molecule has 0 bridgehead atoms. The van der Waals surface area contributed by atoms with Crippen molar-refractivity contribution in [3.05, 3.63) is 24.3 Å². The van der Waals surface area contributed by atoms with Crippen molar-refractivity contribution < 1.29 is 14.3 Å². The van der Waals surface area contributed by atoms with Crippen molar-refractivity contribution in [1.29, 1.82) is 0 Å². The van der Waals surface area contributed by atoms with Crippen LogP contribution in [0.25, 0.3) is 0 Å². The van der Waals surface area contributed by atoms with Crippen molar-refractivity contribution in [1.82, 2.24) is 4.90 Å². The van der Waals surface area contributed by atoms with Crippen molar-refractivity contribution in [2.45, 2.75) is 25.3 Å². The van der Waals surface area contributed by atoms with E-state index in [1.165, 1.54) is 0 Å². The van der Waals surface area contributed by atoms with E-state index in [1.807, 2.05) is 29.2 Å². The molecule has 2 rings (SSSR count). The van der Waals surface area contributed by atoms with Crippen LogP contribution in [-0.4, -0.2) is 43.7 Å². The molecule has 1 aromatic rings. The van der Waals surface area contributed by atoms with Crippen LogP contribution in [0.1, 0.15) is 19.3 Å². The third kappa shape index (κ3) is 3.87. The topological polar surface area (TPSA) is 64.8 Å². The highest BCUT2D eigenvalue weighted by Gasteiger charge is 2.20. The van der Waals surface area contributed by atoms with E-state index in [0.29, 0.717) is 31.1 Å². The highest BCUT2D eigenvalue weighted by Crippen LogP contribution is 2.25. The SMILES string of the molecule is COc1ccccc1OCCC(=O)N1CCC[C@@H](N)C1. The summed E-state index contributed by atoms with van der Waals surface area (Å²) in [6.45, 7) is 1.82. The van der Waals surface area contributed by atoms with Gasteiger partial charge in [-0.2, -0.15) is 0 Å². The fourth-order valence-corrected chi connectivity index (χ4v) is 2.38. The van der Waals surface area contributed by atoms with Gasteiger partial charge in [0.25, 0.3) is 0 Å². The molecule has 0 radical (unpaired) electrons. The Bertz CT molecular complexity index is 450. The summed E-state index contributed by atoms with van der Waals surface area (Å²) in [7, 11) is 1.60. The van der Waals surface area contributed by atoms with Crippen LogP contribution in [0, 0.1) is 0 Å². The largest absolute Gasteiger partial charge is 0.493 e. The first-order chi connectivity index (χ1) is 9.70. The van der Waals surface area contributed by atoms with Crippen LogP contribution in [0.5, 0.6) is 11.5 Å². The molecule has 0 spiro atoms. The van der Waals surface area contributed by atoms with Gasteiger partial charge in [-0.05, 0) is 25.0 Å². The number of carbonyl (C=O) groups is 1. The number of ether oxygens (including phenoxy) is 2. The molecule has 1 atom stereocenters. The summed E-state index contributed by atoms with van der Waals surface area (Å²) in [6, 6.07) is 7.54. The standard InChI is InChI=1S/C15H22N2O3/c1-19-13-6-2-3-7-14(13)20-10-8-15(18)17-9-4-5-12(16)11-17/h2-3,6-7,12H,4-5,8-11,16H2,1H3/t12-/m1/s1. The molecule has 1 heterocycles. The monoisotopic (exact) mass is 278 g/mol. The third-order valence-electron chi connectivity index (χ3n) is 3.45. The van der Waals surface area contributed by atoms with Gasteiger partial charge in [0.1, 0.15) is 0 Å². The summed E-state index contributed by atoms with van der Waals surface area (Å²) in [5.41, 5.74) is 5.88. The highest BCUT2D eigenvalue weighted by atomic mass is 16.5. The Labute approximate surface area is 119 Å². The molecule has 1 amide bonds. The lowest BCUT2D eigenvalue weighted by Crippen LogP contribution is -2.46. The Morgan fingerprint density at radius 1 is 1.40 bits per heavy atom. The van der Waals surface area contributed by atoms with Crippen molar-refractivity contribution in [2.75, 3.05) is 26.8 Å². The molecule has 0 unspecified atom stereocenters. The number of benzene rings is 1. The Morgan fingerprint density at radius 3 is 2.85 bits per heavy atom. The van der Waals surface area contributed by atoms with E-state index in [2.05, 4.69) is 0 Å². The molecule has 20 heavy (non-hydrogen) atoms. The van der Waals surface area contributed by atoms with Gasteiger partial charge >= 0.3 is 0 Å². The molecular formula is C15H22N2O3. The summed E-state index contributed by atoms with van der Waals surface area (Å²) < 4.78 is 10.8. The molecule has 1 aliphatic rings. The minimum Gasteiger partial charge on any atom is -0.493 e. The van der Waals surface area contributed by atoms with Gasteiger partial charge in [0.15, 0.2) is 11.5 Å². The van der Waals surface area contributed by atoms with Gasteiger partial charge in [0, 0.05) is 19.1 Å². The molecule has 1 aliphatic heterocycles. The van der Waals surface area contributed by atoms with Crippen LogP contribution in [-0.2, 0) is 4.79 Å². The van der Waals surface area contributed by atoms with Crippen molar-refractivity contribution >= 4 is 5.91 Å². The van der Waals surface area contributed by atoms with E-state index in [0.717, 1.165) is 19.4 Å². The number of nitrogens with two attached hydrogens (primary N) is 1. The zero-order valence-corrected chi connectivity index (χ0v) is 11.9. The van der Waals surface area contributed by atoms with E-state index in [-0.39, 0.29) is 11.9 Å². The van der Waals surface area contributed by atoms with E-state index in [9.17, 15) is 4.79 Å². The maximum Gasteiger partial charge on any atom is 0.226 e. The second kappa shape index (κ2) is 7.14. The summed E-state index contributed by atoms with van der Waals surface area (Å²) in [5, 5.41) is 0. The lowest BCUT2D eigenvalue weighted by Gasteiger charge is -2.30. The van der Waals surface area contributed by atoms with Crippen LogP contribution in [0.4, 0.5) is 0 Å². The molecule has 110 valence electrons. The van der Waals surface area contributed by atoms with Crippen LogP contribution in [0.2, 0.25) is 0 Å². The first-order valence-corrected chi connectivity index (χ1v) is 7.00. The molecule has 1 aromatic carbocycles. The van der Waals surface area contributed by atoms with Crippen LogP contribution >= 0.6 is 0 Å². The van der Waals surface area contributed by atoms with Gasteiger partial charge in [-0.25, -0.2) is 0 Å². The zero-order valence-electron chi connectivity index (χ0n) is 11.9. The maximum atomic E-state index is 12.0. The number of carbonyl (C=O) groups excluding carboxylic acids is 1. The van der Waals surface area contributed by atoms with Crippen molar-refractivity contribution in [3.8, 4) is 11.5 Å². The molecule has 0 saturated carbocycles. The predicted molar refractivity (Wildman–Crippen MR) is 76.9 cm³/mol. The fourth-order valence-electron chi connectivity index (χ4n) is 2.38. The van der Waals surface area contributed by atoms with Crippen LogP contribution < -0.4 is 15.2 Å². The Balaban J connectivity index is 1.79. The van der Waals surface area contributed by atoms with E-state index in [4.69, 9.17) is 15.2 Å². The highest BCUT2D eigenvalue weighted by molar-refractivity contribution is 5.76. The van der Waals surface area contributed by atoms with Crippen LogP contribution in [0.3, 0.4) is 0 Å². The first-order valence-electron chi connectivity index (χ1n) is 7.00. The zero-order chi connectivity index (χ0) is 14.4. The number of piperidine rings is 1. The summed E-state index contributed by atoms with van der Waals surface area (Å²) in [4.78, 5) is 13.9. The van der Waals surface area contributed by atoms with E-state index >= 15 is 0 Å². The van der Waals surface area contributed by atoms with Gasteiger partial charge in [0.2, 0.25) is 5.91 Å². The van der Waals surface area contributed by atoms with Gasteiger partial charge in [-0.1, -0.05) is 12.1 Å². The summed E-state index contributed by atoms with van der Waals surface area (Å²) in [5.74, 6) is 1.45. The maximum absolute atomic E-state index is 12.0. The molecule has 5 heteroatoms. The molecule has 0 aliphatic carbocycles. The minimum absolute atomic E-state index is 0.107. The normalized spacial score (nSPS) is 18.7. The average molecular weight is 278 g/mol. The van der Waals surface area contributed by atoms with Gasteiger partial charge in [-0.15, -0.1) is 0 Å². The van der Waals surface area contributed by atoms with Gasteiger partial charge in [0.05, 0.1) is 20.1 Å². The predicted octanol–water partition coefficient (Wildman–Crippen LogP) is 1.41. The van der Waals surface area contributed by atoms with Crippen molar-refractivity contribution in [3.63, 3.8) is 0 Å². The third-order valence-corrected chi connectivity index (χ3v) is 3.45. The Morgan fingerprint density at radius 2 is 2.15 bits per heavy atom.